The fraction of sp³-hybridized carbons (Fsp3) is 0.625. The number of primary amides is 1. The van der Waals surface area contributed by atoms with E-state index in [4.69, 9.17) is 11.5 Å². The van der Waals surface area contributed by atoms with Crippen molar-refractivity contribution in [2.24, 2.45) is 11.5 Å². The maximum absolute atomic E-state index is 11.2. The smallest absolute Gasteiger partial charge is 0.239 e. The van der Waals surface area contributed by atoms with E-state index >= 15 is 0 Å². The van der Waals surface area contributed by atoms with Crippen LogP contribution in [0.4, 0.5) is 0 Å². The van der Waals surface area contributed by atoms with E-state index in [2.05, 4.69) is 0 Å². The molecule has 0 aliphatic carbocycles. The molecular formula is C8H13N3O3. The van der Waals surface area contributed by atoms with Gasteiger partial charge in [0.25, 0.3) is 0 Å². The third-order valence-electron chi connectivity index (χ3n) is 2.20. The highest BCUT2D eigenvalue weighted by atomic mass is 16.2. The van der Waals surface area contributed by atoms with Gasteiger partial charge in [0.15, 0.2) is 0 Å². The zero-order chi connectivity index (χ0) is 10.9. The summed E-state index contributed by atoms with van der Waals surface area (Å²) in [6.45, 7) is 1.26. The van der Waals surface area contributed by atoms with Crippen LogP contribution in [-0.4, -0.2) is 34.7 Å². The summed E-state index contributed by atoms with van der Waals surface area (Å²) in [4.78, 5) is 34.2. The summed E-state index contributed by atoms with van der Waals surface area (Å²) in [5, 5.41) is 0. The van der Waals surface area contributed by atoms with Gasteiger partial charge in [-0.25, -0.2) is 0 Å². The van der Waals surface area contributed by atoms with Crippen LogP contribution in [0.25, 0.3) is 0 Å². The van der Waals surface area contributed by atoms with E-state index in [1.807, 2.05) is 0 Å². The summed E-state index contributed by atoms with van der Waals surface area (Å²) in [6.07, 6.45) is 0.376. The standard InChI is InChI=1S/C8H13N3O3/c1-8(10,7(9)14)4-11-5(12)2-3-6(11)13/h2-4,10H2,1H3,(H2,9,14). The molecule has 1 heterocycles. The molecule has 1 atom stereocenters. The minimum absolute atomic E-state index is 0.139. The Kier molecular flexibility index (Phi) is 2.57. The van der Waals surface area contributed by atoms with E-state index in [9.17, 15) is 14.4 Å². The van der Waals surface area contributed by atoms with Gasteiger partial charge in [-0.2, -0.15) is 0 Å². The van der Waals surface area contributed by atoms with Gasteiger partial charge >= 0.3 is 0 Å². The van der Waals surface area contributed by atoms with Crippen molar-refractivity contribution in [1.29, 1.82) is 0 Å². The first kappa shape index (κ1) is 10.6. The Morgan fingerprint density at radius 1 is 1.43 bits per heavy atom. The molecule has 6 heteroatoms. The number of imide groups is 1. The van der Waals surface area contributed by atoms with Gasteiger partial charge in [-0.05, 0) is 6.92 Å². The average molecular weight is 199 g/mol. The van der Waals surface area contributed by atoms with E-state index < -0.39 is 11.4 Å². The molecule has 0 aromatic heterocycles. The highest BCUT2D eigenvalue weighted by molar-refractivity contribution is 6.02. The third kappa shape index (κ3) is 1.90. The summed E-state index contributed by atoms with van der Waals surface area (Å²) in [7, 11) is 0. The second-order valence-corrected chi connectivity index (χ2v) is 3.66. The van der Waals surface area contributed by atoms with Gasteiger partial charge in [-0.15, -0.1) is 0 Å². The maximum Gasteiger partial charge on any atom is 0.239 e. The molecular weight excluding hydrogens is 186 g/mol. The fourth-order valence-electron chi connectivity index (χ4n) is 1.21. The predicted octanol–water partition coefficient (Wildman–Crippen LogP) is -1.66. The van der Waals surface area contributed by atoms with Crippen molar-refractivity contribution in [2.45, 2.75) is 25.3 Å². The molecule has 0 radical (unpaired) electrons. The number of hydrogen-bond acceptors (Lipinski definition) is 4. The molecule has 1 unspecified atom stereocenters. The number of nitrogens with zero attached hydrogens (tertiary/aromatic N) is 1. The van der Waals surface area contributed by atoms with Crippen molar-refractivity contribution >= 4 is 17.7 Å². The van der Waals surface area contributed by atoms with E-state index in [-0.39, 0.29) is 31.2 Å². The predicted molar refractivity (Wildman–Crippen MR) is 47.7 cm³/mol. The molecule has 78 valence electrons. The number of hydrogen-bond donors (Lipinski definition) is 2. The largest absolute Gasteiger partial charge is 0.368 e. The summed E-state index contributed by atoms with van der Waals surface area (Å²) in [5.41, 5.74) is 9.22. The first-order chi connectivity index (χ1) is 6.34. The lowest BCUT2D eigenvalue weighted by Gasteiger charge is -2.25. The van der Waals surface area contributed by atoms with E-state index in [0.717, 1.165) is 4.90 Å². The van der Waals surface area contributed by atoms with E-state index in [1.165, 1.54) is 6.92 Å². The Balaban J connectivity index is 2.73. The lowest BCUT2D eigenvalue weighted by molar-refractivity contribution is -0.140. The van der Waals surface area contributed by atoms with Crippen LogP contribution in [-0.2, 0) is 14.4 Å². The highest BCUT2D eigenvalue weighted by Gasteiger charge is 2.36. The van der Waals surface area contributed by atoms with E-state index in [0.29, 0.717) is 0 Å². The topological polar surface area (TPSA) is 106 Å². The Labute approximate surface area is 81.2 Å². The number of likely N-dealkylation sites (tertiary alicyclic amines) is 1. The lowest BCUT2D eigenvalue weighted by atomic mass is 10.0. The second kappa shape index (κ2) is 3.38. The molecule has 1 rings (SSSR count). The Morgan fingerprint density at radius 2 is 1.86 bits per heavy atom. The molecule has 4 N–H and O–H groups in total. The molecule has 1 saturated heterocycles. The van der Waals surface area contributed by atoms with Crippen molar-refractivity contribution in [3.8, 4) is 0 Å². The van der Waals surface area contributed by atoms with Crippen molar-refractivity contribution in [3.63, 3.8) is 0 Å². The van der Waals surface area contributed by atoms with Gasteiger partial charge in [-0.3, -0.25) is 19.3 Å². The van der Waals surface area contributed by atoms with Crippen LogP contribution in [0.3, 0.4) is 0 Å². The molecule has 6 nitrogen and oxygen atoms in total. The Bertz CT molecular complexity index is 282. The van der Waals surface area contributed by atoms with Gasteiger partial charge in [0.1, 0.15) is 5.54 Å². The Hall–Kier alpha value is -1.43. The minimum atomic E-state index is -1.35. The fourth-order valence-corrected chi connectivity index (χ4v) is 1.21. The number of carbonyl (C=O) groups is 3. The molecule has 0 aromatic rings. The molecule has 1 aliphatic heterocycles. The number of amides is 3. The molecule has 0 saturated carbocycles. The molecule has 3 amide bonds. The third-order valence-corrected chi connectivity index (χ3v) is 2.20. The number of rotatable bonds is 3. The summed E-state index contributed by atoms with van der Waals surface area (Å²) in [6, 6.07) is 0. The van der Waals surface area contributed by atoms with Crippen LogP contribution < -0.4 is 11.5 Å². The highest BCUT2D eigenvalue weighted by Crippen LogP contribution is 2.14. The normalized spacial score (nSPS) is 21.1. The molecule has 14 heavy (non-hydrogen) atoms. The summed E-state index contributed by atoms with van der Waals surface area (Å²) < 4.78 is 0. The second-order valence-electron chi connectivity index (χ2n) is 3.66. The van der Waals surface area contributed by atoms with E-state index in [1.54, 1.807) is 0 Å². The van der Waals surface area contributed by atoms with Crippen molar-refractivity contribution in [1.82, 2.24) is 4.90 Å². The molecule has 0 bridgehead atoms. The number of nitrogens with two attached hydrogens (primary N) is 2. The van der Waals surface area contributed by atoms with Crippen molar-refractivity contribution in [2.75, 3.05) is 6.54 Å². The minimum Gasteiger partial charge on any atom is -0.368 e. The molecule has 0 spiro atoms. The van der Waals surface area contributed by atoms with Crippen LogP contribution in [0.1, 0.15) is 19.8 Å². The monoisotopic (exact) mass is 199 g/mol. The average Bonchev–Trinajstić information content (AvgIpc) is 2.35. The van der Waals surface area contributed by atoms with Gasteiger partial charge in [0, 0.05) is 12.8 Å². The van der Waals surface area contributed by atoms with Crippen LogP contribution in [0, 0.1) is 0 Å². The molecule has 1 aliphatic rings. The van der Waals surface area contributed by atoms with Gasteiger partial charge in [-0.1, -0.05) is 0 Å². The Morgan fingerprint density at radius 3 is 2.21 bits per heavy atom. The SMILES string of the molecule is CC(N)(CN1C(=O)CCC1=O)C(N)=O. The lowest BCUT2D eigenvalue weighted by Crippen LogP contribution is -2.57. The van der Waals surface area contributed by atoms with Gasteiger partial charge in [0.05, 0.1) is 6.54 Å². The van der Waals surface area contributed by atoms with Crippen LogP contribution in [0.5, 0.6) is 0 Å². The summed E-state index contributed by atoms with van der Waals surface area (Å²) >= 11 is 0. The van der Waals surface area contributed by atoms with Crippen molar-refractivity contribution in [3.05, 3.63) is 0 Å². The van der Waals surface area contributed by atoms with Gasteiger partial charge in [0.2, 0.25) is 17.7 Å². The number of carbonyl (C=O) groups excluding carboxylic acids is 3. The first-order valence-corrected chi connectivity index (χ1v) is 4.26. The van der Waals surface area contributed by atoms with Crippen molar-refractivity contribution < 1.29 is 14.4 Å². The zero-order valence-corrected chi connectivity index (χ0v) is 7.95. The van der Waals surface area contributed by atoms with Gasteiger partial charge < -0.3 is 11.5 Å². The maximum atomic E-state index is 11.2. The molecule has 0 aromatic carbocycles. The zero-order valence-electron chi connectivity index (χ0n) is 7.95. The first-order valence-electron chi connectivity index (χ1n) is 4.26. The molecule has 1 fully saturated rings. The van der Waals surface area contributed by atoms with Crippen LogP contribution in [0.2, 0.25) is 0 Å². The van der Waals surface area contributed by atoms with Crippen LogP contribution in [0.15, 0.2) is 0 Å². The summed E-state index contributed by atoms with van der Waals surface area (Å²) in [5.74, 6) is -1.33. The quantitative estimate of drug-likeness (QED) is 0.530. The van der Waals surface area contributed by atoms with Crippen LogP contribution >= 0.6 is 0 Å².